The molecule has 0 saturated carbocycles. The molecule has 0 amide bonds. The van der Waals surface area contributed by atoms with E-state index in [-0.39, 0.29) is 0 Å². The number of likely N-dealkylation sites (tertiary alicyclic amines) is 1. The van der Waals surface area contributed by atoms with Gasteiger partial charge in [-0.25, -0.2) is 0 Å². The molecule has 16 heavy (non-hydrogen) atoms. The van der Waals surface area contributed by atoms with Crippen LogP contribution in [0.5, 0.6) is 0 Å². The first-order valence-corrected chi connectivity index (χ1v) is 6.85. The molecule has 1 saturated heterocycles. The van der Waals surface area contributed by atoms with Crippen molar-refractivity contribution in [2.24, 2.45) is 11.3 Å². The zero-order valence-electron chi connectivity index (χ0n) is 11.8. The third kappa shape index (κ3) is 5.31. The highest BCUT2D eigenvalue weighted by Gasteiger charge is 2.26. The van der Waals surface area contributed by atoms with Crippen LogP contribution >= 0.6 is 0 Å². The molecule has 0 aromatic heterocycles. The van der Waals surface area contributed by atoms with Gasteiger partial charge in [0, 0.05) is 19.1 Å². The average Bonchev–Trinajstić information content (AvgIpc) is 2.13. The second kappa shape index (κ2) is 6.02. The number of rotatable bonds is 5. The van der Waals surface area contributed by atoms with Crippen molar-refractivity contribution in [3.63, 3.8) is 0 Å². The van der Waals surface area contributed by atoms with Crippen LogP contribution < -0.4 is 5.32 Å². The van der Waals surface area contributed by atoms with Crippen molar-refractivity contribution in [2.75, 3.05) is 26.2 Å². The third-order valence-electron chi connectivity index (χ3n) is 3.42. The molecular weight excluding hydrogens is 196 g/mol. The van der Waals surface area contributed by atoms with Gasteiger partial charge in [-0.1, -0.05) is 34.6 Å². The first kappa shape index (κ1) is 14.0. The number of hydrogen-bond acceptors (Lipinski definition) is 2. The fourth-order valence-electron chi connectivity index (χ4n) is 2.64. The molecule has 1 unspecified atom stereocenters. The Morgan fingerprint density at radius 3 is 2.50 bits per heavy atom. The lowest BCUT2D eigenvalue weighted by Crippen LogP contribution is -2.43. The minimum absolute atomic E-state index is 0.531. The van der Waals surface area contributed by atoms with Crippen molar-refractivity contribution < 1.29 is 0 Å². The second-order valence-corrected chi connectivity index (χ2v) is 6.67. The van der Waals surface area contributed by atoms with E-state index in [1.54, 1.807) is 0 Å². The molecule has 1 aliphatic rings. The molecule has 1 heterocycles. The SMILES string of the molecule is CC(CNC(C)C)CN1CCCC(C)(C)C1. The number of piperidine rings is 1. The molecule has 0 aliphatic carbocycles. The van der Waals surface area contributed by atoms with Crippen LogP contribution in [0.4, 0.5) is 0 Å². The lowest BCUT2D eigenvalue weighted by atomic mass is 9.84. The van der Waals surface area contributed by atoms with E-state index in [4.69, 9.17) is 0 Å². The summed E-state index contributed by atoms with van der Waals surface area (Å²) < 4.78 is 0. The van der Waals surface area contributed by atoms with E-state index in [1.165, 1.54) is 32.5 Å². The van der Waals surface area contributed by atoms with Gasteiger partial charge in [0.15, 0.2) is 0 Å². The van der Waals surface area contributed by atoms with E-state index in [1.807, 2.05) is 0 Å². The molecule has 1 atom stereocenters. The molecule has 1 rings (SSSR count). The van der Waals surface area contributed by atoms with Gasteiger partial charge in [-0.15, -0.1) is 0 Å². The first-order chi connectivity index (χ1) is 7.39. The molecule has 1 aliphatic heterocycles. The van der Waals surface area contributed by atoms with Gasteiger partial charge in [0.25, 0.3) is 0 Å². The van der Waals surface area contributed by atoms with Gasteiger partial charge in [-0.3, -0.25) is 0 Å². The summed E-state index contributed by atoms with van der Waals surface area (Å²) in [7, 11) is 0. The highest BCUT2D eigenvalue weighted by molar-refractivity contribution is 4.80. The van der Waals surface area contributed by atoms with Gasteiger partial charge in [-0.05, 0) is 37.3 Å². The summed E-state index contributed by atoms with van der Waals surface area (Å²) in [5.41, 5.74) is 0.531. The van der Waals surface area contributed by atoms with E-state index in [0.29, 0.717) is 11.5 Å². The van der Waals surface area contributed by atoms with Crippen LogP contribution in [0.25, 0.3) is 0 Å². The Hall–Kier alpha value is -0.0800. The fourth-order valence-corrected chi connectivity index (χ4v) is 2.64. The zero-order chi connectivity index (χ0) is 12.2. The molecule has 2 heteroatoms. The minimum Gasteiger partial charge on any atom is -0.314 e. The van der Waals surface area contributed by atoms with E-state index in [0.717, 1.165) is 12.5 Å². The van der Waals surface area contributed by atoms with Crippen LogP contribution in [0.1, 0.15) is 47.5 Å². The van der Waals surface area contributed by atoms with E-state index in [9.17, 15) is 0 Å². The standard InChI is InChI=1S/C14H30N2/c1-12(2)15-9-13(3)10-16-8-6-7-14(4,5)11-16/h12-13,15H,6-11H2,1-5H3. The average molecular weight is 226 g/mol. The van der Waals surface area contributed by atoms with E-state index in [2.05, 4.69) is 44.8 Å². The lowest BCUT2D eigenvalue weighted by molar-refractivity contribution is 0.104. The van der Waals surface area contributed by atoms with E-state index >= 15 is 0 Å². The number of nitrogens with zero attached hydrogens (tertiary/aromatic N) is 1. The molecule has 96 valence electrons. The Kier molecular flexibility index (Phi) is 5.26. The summed E-state index contributed by atoms with van der Waals surface area (Å²) in [6, 6.07) is 0.611. The van der Waals surface area contributed by atoms with Crippen molar-refractivity contribution in [2.45, 2.75) is 53.5 Å². The van der Waals surface area contributed by atoms with Crippen LogP contribution in [0.2, 0.25) is 0 Å². The maximum atomic E-state index is 3.53. The molecular formula is C14H30N2. The predicted molar refractivity (Wildman–Crippen MR) is 71.8 cm³/mol. The van der Waals surface area contributed by atoms with Crippen LogP contribution in [-0.2, 0) is 0 Å². The van der Waals surface area contributed by atoms with Crippen molar-refractivity contribution in [1.82, 2.24) is 10.2 Å². The monoisotopic (exact) mass is 226 g/mol. The Morgan fingerprint density at radius 1 is 1.25 bits per heavy atom. The maximum absolute atomic E-state index is 3.53. The van der Waals surface area contributed by atoms with E-state index < -0.39 is 0 Å². The Morgan fingerprint density at radius 2 is 1.94 bits per heavy atom. The largest absolute Gasteiger partial charge is 0.314 e. The van der Waals surface area contributed by atoms with Crippen LogP contribution in [0.15, 0.2) is 0 Å². The quantitative estimate of drug-likeness (QED) is 0.775. The summed E-state index contributed by atoms with van der Waals surface area (Å²) in [6.45, 7) is 16.6. The Balaban J connectivity index is 2.25. The van der Waals surface area contributed by atoms with Gasteiger partial charge >= 0.3 is 0 Å². The smallest absolute Gasteiger partial charge is 0.00328 e. The molecule has 1 N–H and O–H groups in total. The van der Waals surface area contributed by atoms with Crippen molar-refractivity contribution >= 4 is 0 Å². The molecule has 0 aromatic carbocycles. The highest BCUT2D eigenvalue weighted by atomic mass is 15.1. The summed E-state index contributed by atoms with van der Waals surface area (Å²) in [6.07, 6.45) is 2.76. The Bertz CT molecular complexity index is 199. The van der Waals surface area contributed by atoms with Gasteiger partial charge in [0.2, 0.25) is 0 Å². The zero-order valence-corrected chi connectivity index (χ0v) is 11.8. The summed E-state index contributed by atoms with van der Waals surface area (Å²) in [5.74, 6) is 0.760. The minimum atomic E-state index is 0.531. The molecule has 0 bridgehead atoms. The number of nitrogens with one attached hydrogen (secondary N) is 1. The highest BCUT2D eigenvalue weighted by Crippen LogP contribution is 2.28. The molecule has 2 nitrogen and oxygen atoms in total. The fraction of sp³-hybridized carbons (Fsp3) is 1.00. The van der Waals surface area contributed by atoms with Gasteiger partial charge in [-0.2, -0.15) is 0 Å². The van der Waals surface area contributed by atoms with Crippen LogP contribution in [0, 0.1) is 11.3 Å². The predicted octanol–water partition coefficient (Wildman–Crippen LogP) is 2.74. The van der Waals surface area contributed by atoms with Crippen LogP contribution in [0.3, 0.4) is 0 Å². The molecule has 0 spiro atoms. The van der Waals surface area contributed by atoms with Gasteiger partial charge in [0.1, 0.15) is 0 Å². The van der Waals surface area contributed by atoms with Crippen molar-refractivity contribution in [1.29, 1.82) is 0 Å². The van der Waals surface area contributed by atoms with Crippen molar-refractivity contribution in [3.05, 3.63) is 0 Å². The maximum Gasteiger partial charge on any atom is 0.00328 e. The second-order valence-electron chi connectivity index (χ2n) is 6.67. The lowest BCUT2D eigenvalue weighted by Gasteiger charge is -2.39. The third-order valence-corrected chi connectivity index (χ3v) is 3.42. The molecule has 1 fully saturated rings. The van der Waals surface area contributed by atoms with Gasteiger partial charge in [0.05, 0.1) is 0 Å². The summed E-state index contributed by atoms with van der Waals surface area (Å²) in [5, 5.41) is 3.53. The van der Waals surface area contributed by atoms with Gasteiger partial charge < -0.3 is 10.2 Å². The number of hydrogen-bond donors (Lipinski definition) is 1. The first-order valence-electron chi connectivity index (χ1n) is 6.85. The van der Waals surface area contributed by atoms with Crippen LogP contribution in [-0.4, -0.2) is 37.1 Å². The molecule has 0 radical (unpaired) electrons. The van der Waals surface area contributed by atoms with Crippen molar-refractivity contribution in [3.8, 4) is 0 Å². The normalized spacial score (nSPS) is 23.6. The summed E-state index contributed by atoms with van der Waals surface area (Å²) >= 11 is 0. The summed E-state index contributed by atoms with van der Waals surface area (Å²) in [4.78, 5) is 2.65. The Labute approximate surface area is 102 Å². The topological polar surface area (TPSA) is 15.3 Å². The molecule has 0 aromatic rings.